The average molecular weight is 270 g/mol. The van der Waals surface area contributed by atoms with Crippen molar-refractivity contribution < 1.29 is 19.1 Å². The number of hydrogen-bond donors (Lipinski definition) is 1. The Morgan fingerprint density at radius 1 is 1.22 bits per heavy atom. The van der Waals surface area contributed by atoms with E-state index in [4.69, 9.17) is 9.53 Å². The molecule has 0 aliphatic heterocycles. The van der Waals surface area contributed by atoms with Crippen LogP contribution >= 0.6 is 0 Å². The molecule has 0 radical (unpaired) electrons. The van der Waals surface area contributed by atoms with Crippen molar-refractivity contribution in [3.63, 3.8) is 0 Å². The van der Waals surface area contributed by atoms with E-state index in [0.717, 1.165) is 18.1 Å². The van der Waals surface area contributed by atoms with E-state index in [-0.39, 0.29) is 12.2 Å². The molecule has 0 saturated carbocycles. The maximum absolute atomic E-state index is 11.7. The summed E-state index contributed by atoms with van der Waals surface area (Å²) in [5.74, 6) is -0.351. The largest absolute Gasteiger partial charge is 0.546 e. The van der Waals surface area contributed by atoms with Gasteiger partial charge in [0, 0.05) is 18.4 Å². The molecule has 1 aliphatic rings. The van der Waals surface area contributed by atoms with Gasteiger partial charge < -0.3 is 9.53 Å². The Balaban J connectivity index is 2.94. The van der Waals surface area contributed by atoms with Crippen LogP contribution in [-0.2, 0) is 14.0 Å². The molecular formula is C13H22O4Si. The molecule has 0 spiro atoms. The molecule has 0 atom stereocenters. The van der Waals surface area contributed by atoms with Crippen LogP contribution in [0.1, 0.15) is 40.0 Å². The van der Waals surface area contributed by atoms with Crippen molar-refractivity contribution in [1.29, 1.82) is 0 Å². The van der Waals surface area contributed by atoms with Gasteiger partial charge in [-0.15, -0.1) is 0 Å². The van der Waals surface area contributed by atoms with Gasteiger partial charge in [0.25, 0.3) is 0 Å². The van der Waals surface area contributed by atoms with Gasteiger partial charge in [-0.05, 0) is 18.1 Å². The molecule has 0 aromatic rings. The lowest BCUT2D eigenvalue weighted by Gasteiger charge is -2.30. The highest BCUT2D eigenvalue weighted by Crippen LogP contribution is 2.33. The third-order valence-corrected chi connectivity index (χ3v) is 8.40. The van der Waals surface area contributed by atoms with Crippen molar-refractivity contribution in [2.75, 3.05) is 0 Å². The van der Waals surface area contributed by atoms with E-state index in [9.17, 15) is 9.59 Å². The Labute approximate surface area is 109 Å². The first-order chi connectivity index (χ1) is 8.48. The molecule has 0 unspecified atom stereocenters. The summed E-state index contributed by atoms with van der Waals surface area (Å²) in [7, 11) is -1.81. The van der Waals surface area contributed by atoms with E-state index in [1.165, 1.54) is 0 Å². The SMILES string of the molecule is CC[Si](CC)(CC)OC1=C(CC(=O)O)C(=O)CC1. The first kappa shape index (κ1) is 15.0. The van der Waals surface area contributed by atoms with Gasteiger partial charge in [0.15, 0.2) is 5.78 Å². The molecule has 0 amide bonds. The molecule has 1 N–H and O–H groups in total. The molecule has 18 heavy (non-hydrogen) atoms. The number of carbonyl (C=O) groups excluding carboxylic acids is 1. The van der Waals surface area contributed by atoms with Crippen molar-refractivity contribution in [3.05, 3.63) is 11.3 Å². The Hall–Kier alpha value is -1.10. The highest BCUT2D eigenvalue weighted by molar-refractivity contribution is 6.73. The minimum absolute atomic E-state index is 0.0568. The van der Waals surface area contributed by atoms with Crippen LogP contribution in [0.4, 0.5) is 0 Å². The molecule has 0 aromatic heterocycles. The number of carboxylic acid groups (broad SMARTS) is 1. The van der Waals surface area contributed by atoms with Crippen LogP contribution in [0, 0.1) is 0 Å². The molecule has 1 rings (SSSR count). The summed E-state index contributed by atoms with van der Waals surface area (Å²) >= 11 is 0. The molecule has 0 fully saturated rings. The molecular weight excluding hydrogens is 248 g/mol. The van der Waals surface area contributed by atoms with E-state index in [2.05, 4.69) is 20.8 Å². The summed E-state index contributed by atoms with van der Waals surface area (Å²) in [4.78, 5) is 22.5. The summed E-state index contributed by atoms with van der Waals surface area (Å²) in [6.07, 6.45) is 0.783. The van der Waals surface area contributed by atoms with Gasteiger partial charge in [-0.1, -0.05) is 20.8 Å². The van der Waals surface area contributed by atoms with Gasteiger partial charge in [-0.25, -0.2) is 0 Å². The second kappa shape index (κ2) is 6.18. The molecule has 102 valence electrons. The quantitative estimate of drug-likeness (QED) is 0.722. The zero-order valence-electron chi connectivity index (χ0n) is 11.4. The number of carboxylic acids is 1. The van der Waals surface area contributed by atoms with E-state index >= 15 is 0 Å². The Bertz CT molecular complexity index is 361. The lowest BCUT2D eigenvalue weighted by molar-refractivity contribution is -0.137. The Morgan fingerprint density at radius 2 is 1.78 bits per heavy atom. The van der Waals surface area contributed by atoms with Gasteiger partial charge in [-0.3, -0.25) is 9.59 Å². The Kier molecular flexibility index (Phi) is 5.13. The molecule has 5 heteroatoms. The maximum atomic E-state index is 11.7. The molecule has 0 aromatic carbocycles. The number of carbonyl (C=O) groups is 2. The zero-order valence-corrected chi connectivity index (χ0v) is 12.4. The van der Waals surface area contributed by atoms with E-state index in [1.54, 1.807) is 0 Å². The van der Waals surface area contributed by atoms with Gasteiger partial charge in [0.1, 0.15) is 0 Å². The molecule has 0 bridgehead atoms. The number of Topliss-reactive ketones (excluding diaryl/α,β-unsaturated/α-hetero) is 1. The standard InChI is InChI=1S/C13H22O4Si/c1-4-18(5-2,6-3)17-12-8-7-11(14)10(12)9-13(15)16/h4-9H2,1-3H3,(H,15,16). The fourth-order valence-corrected chi connectivity index (χ4v) is 5.05. The van der Waals surface area contributed by atoms with Crippen molar-refractivity contribution >= 4 is 20.1 Å². The summed E-state index contributed by atoms with van der Waals surface area (Å²) in [6.45, 7) is 6.36. The third kappa shape index (κ3) is 3.22. The average Bonchev–Trinajstić information content (AvgIpc) is 2.68. The molecule has 1 aliphatic carbocycles. The van der Waals surface area contributed by atoms with Crippen LogP contribution in [0.2, 0.25) is 18.1 Å². The van der Waals surface area contributed by atoms with Crippen LogP contribution in [0.3, 0.4) is 0 Å². The first-order valence-corrected chi connectivity index (χ1v) is 9.17. The van der Waals surface area contributed by atoms with E-state index in [1.807, 2.05) is 0 Å². The second-order valence-electron chi connectivity index (χ2n) is 4.74. The minimum Gasteiger partial charge on any atom is -0.546 e. The number of hydrogen-bond acceptors (Lipinski definition) is 3. The number of allylic oxidation sites excluding steroid dienone is 1. The molecule has 4 nitrogen and oxygen atoms in total. The lowest BCUT2D eigenvalue weighted by atomic mass is 10.1. The molecule has 0 heterocycles. The van der Waals surface area contributed by atoms with E-state index in [0.29, 0.717) is 24.2 Å². The summed E-state index contributed by atoms with van der Waals surface area (Å²) in [5, 5.41) is 8.85. The first-order valence-electron chi connectivity index (χ1n) is 6.64. The van der Waals surface area contributed by atoms with Crippen molar-refractivity contribution in [2.45, 2.75) is 58.2 Å². The van der Waals surface area contributed by atoms with Gasteiger partial charge in [0.05, 0.1) is 12.2 Å². The van der Waals surface area contributed by atoms with Gasteiger partial charge >= 0.3 is 5.97 Å². The zero-order chi connectivity index (χ0) is 13.8. The fraction of sp³-hybridized carbons (Fsp3) is 0.692. The normalized spacial score (nSPS) is 16.3. The summed E-state index contributed by atoms with van der Waals surface area (Å²) in [5.41, 5.74) is 0.398. The van der Waals surface area contributed by atoms with Crippen LogP contribution in [-0.4, -0.2) is 25.2 Å². The topological polar surface area (TPSA) is 63.6 Å². The number of aliphatic carboxylic acids is 1. The number of rotatable bonds is 7. The van der Waals surface area contributed by atoms with Crippen molar-refractivity contribution in [1.82, 2.24) is 0 Å². The van der Waals surface area contributed by atoms with Gasteiger partial charge in [0.2, 0.25) is 8.32 Å². The lowest BCUT2D eigenvalue weighted by Crippen LogP contribution is -2.35. The molecule has 0 saturated heterocycles. The summed E-state index contributed by atoms with van der Waals surface area (Å²) in [6, 6.07) is 2.99. The monoisotopic (exact) mass is 270 g/mol. The second-order valence-corrected chi connectivity index (χ2v) is 9.43. The third-order valence-electron chi connectivity index (χ3n) is 3.85. The predicted octanol–water partition coefficient (Wildman–Crippen LogP) is 3.10. The van der Waals surface area contributed by atoms with Crippen LogP contribution < -0.4 is 0 Å². The van der Waals surface area contributed by atoms with Gasteiger partial charge in [-0.2, -0.15) is 0 Å². The summed E-state index contributed by atoms with van der Waals surface area (Å²) < 4.78 is 6.16. The fourth-order valence-electron chi connectivity index (χ4n) is 2.37. The van der Waals surface area contributed by atoms with Crippen molar-refractivity contribution in [3.8, 4) is 0 Å². The van der Waals surface area contributed by atoms with Crippen LogP contribution in [0.15, 0.2) is 11.3 Å². The predicted molar refractivity (Wildman–Crippen MR) is 71.8 cm³/mol. The van der Waals surface area contributed by atoms with E-state index < -0.39 is 14.3 Å². The smallest absolute Gasteiger partial charge is 0.308 e. The highest BCUT2D eigenvalue weighted by atomic mass is 28.4. The van der Waals surface area contributed by atoms with Crippen LogP contribution in [0.5, 0.6) is 0 Å². The maximum Gasteiger partial charge on any atom is 0.308 e. The van der Waals surface area contributed by atoms with Crippen LogP contribution in [0.25, 0.3) is 0 Å². The Morgan fingerprint density at radius 3 is 2.22 bits per heavy atom. The van der Waals surface area contributed by atoms with Crippen molar-refractivity contribution in [2.24, 2.45) is 0 Å². The minimum atomic E-state index is -1.81. The number of ketones is 1. The highest BCUT2D eigenvalue weighted by Gasteiger charge is 2.35.